The van der Waals surface area contributed by atoms with Gasteiger partial charge in [-0.2, -0.15) is 5.10 Å². The van der Waals surface area contributed by atoms with E-state index >= 15 is 0 Å². The maximum Gasteiger partial charge on any atom is 0.0534 e. The highest BCUT2D eigenvalue weighted by atomic mass is 32.1. The van der Waals surface area contributed by atoms with Gasteiger partial charge in [-0.05, 0) is 18.4 Å². The number of nitrogens with one attached hydrogen (secondary N) is 2. The lowest BCUT2D eigenvalue weighted by Gasteiger charge is -2.11. The van der Waals surface area contributed by atoms with E-state index in [1.54, 1.807) is 11.3 Å². The molecule has 0 fully saturated rings. The van der Waals surface area contributed by atoms with E-state index in [0.29, 0.717) is 0 Å². The van der Waals surface area contributed by atoms with Gasteiger partial charge in [0.05, 0.1) is 6.20 Å². The number of H-pyrrole nitrogens is 1. The maximum atomic E-state index is 5.80. The predicted molar refractivity (Wildman–Crippen MR) is 62.6 cm³/mol. The van der Waals surface area contributed by atoms with Crippen LogP contribution in [0.25, 0.3) is 0 Å². The highest BCUT2D eigenvalue weighted by molar-refractivity contribution is 7.10. The van der Waals surface area contributed by atoms with Crippen LogP contribution < -0.4 is 11.1 Å². The quantitative estimate of drug-likeness (QED) is 0.740. The molecule has 0 amide bonds. The van der Waals surface area contributed by atoms with Crippen LogP contribution in [0, 0.1) is 0 Å². The van der Waals surface area contributed by atoms with E-state index in [1.165, 1.54) is 4.88 Å². The van der Waals surface area contributed by atoms with Crippen molar-refractivity contribution in [2.45, 2.75) is 19.5 Å². The molecule has 0 bridgehead atoms. The Morgan fingerprint density at radius 2 is 2.53 bits per heavy atom. The lowest BCUT2D eigenvalue weighted by atomic mass is 10.2. The van der Waals surface area contributed by atoms with Crippen molar-refractivity contribution in [3.05, 3.63) is 34.3 Å². The molecule has 0 aromatic carbocycles. The van der Waals surface area contributed by atoms with Gasteiger partial charge in [0.25, 0.3) is 0 Å². The van der Waals surface area contributed by atoms with Gasteiger partial charge < -0.3 is 11.1 Å². The summed E-state index contributed by atoms with van der Waals surface area (Å²) in [5.74, 6) is 0. The molecule has 0 saturated carbocycles. The van der Waals surface area contributed by atoms with Crippen LogP contribution in [0.5, 0.6) is 0 Å². The van der Waals surface area contributed by atoms with Gasteiger partial charge in [-0.25, -0.2) is 0 Å². The maximum absolute atomic E-state index is 5.80. The molecule has 15 heavy (non-hydrogen) atoms. The lowest BCUT2D eigenvalue weighted by molar-refractivity contribution is 0.580. The van der Waals surface area contributed by atoms with E-state index in [9.17, 15) is 0 Å². The first-order chi connectivity index (χ1) is 7.27. The second-order valence-electron chi connectivity index (χ2n) is 3.43. The topological polar surface area (TPSA) is 66.7 Å². The molecule has 0 radical (unpaired) electrons. The summed E-state index contributed by atoms with van der Waals surface area (Å²) in [6.45, 7) is 2.91. The molecule has 2 aromatic heterocycles. The number of aromatic nitrogens is 2. The van der Waals surface area contributed by atoms with Gasteiger partial charge in [-0.15, -0.1) is 11.3 Å². The van der Waals surface area contributed by atoms with Crippen molar-refractivity contribution >= 4 is 17.0 Å². The minimum absolute atomic E-state index is 0.283. The number of nitrogen functional groups attached to an aromatic ring is 1. The van der Waals surface area contributed by atoms with Crippen LogP contribution in [0.2, 0.25) is 0 Å². The Balaban J connectivity index is 1.91. The molecule has 80 valence electrons. The lowest BCUT2D eigenvalue weighted by Crippen LogP contribution is -2.17. The molecule has 4 N–H and O–H groups in total. The normalized spacial score (nSPS) is 12.9. The van der Waals surface area contributed by atoms with Gasteiger partial charge in [0.2, 0.25) is 0 Å². The van der Waals surface area contributed by atoms with E-state index in [1.807, 2.05) is 23.8 Å². The second-order valence-corrected chi connectivity index (χ2v) is 4.43. The first kappa shape index (κ1) is 10.2. The Morgan fingerprint density at radius 3 is 3.13 bits per heavy atom. The Bertz CT molecular complexity index is 407. The Morgan fingerprint density at radius 1 is 1.67 bits per heavy atom. The number of anilines is 1. The smallest absolute Gasteiger partial charge is 0.0534 e. The summed E-state index contributed by atoms with van der Waals surface area (Å²) in [6.07, 6.45) is 3.73. The number of hydrogen-bond donors (Lipinski definition) is 3. The van der Waals surface area contributed by atoms with Crippen LogP contribution in [-0.2, 0) is 6.54 Å². The minimum atomic E-state index is 0.283. The molecule has 0 saturated heterocycles. The number of hydrogen-bond acceptors (Lipinski definition) is 4. The first-order valence-electron chi connectivity index (χ1n) is 4.81. The van der Waals surface area contributed by atoms with Crippen molar-refractivity contribution in [2.75, 3.05) is 5.73 Å². The van der Waals surface area contributed by atoms with Gasteiger partial charge in [-0.1, -0.05) is 0 Å². The minimum Gasteiger partial charge on any atom is -0.398 e. The predicted octanol–water partition coefficient (Wildman–Crippen LogP) is 1.90. The van der Waals surface area contributed by atoms with Gasteiger partial charge in [-0.3, -0.25) is 5.10 Å². The molecule has 0 aliphatic rings. The van der Waals surface area contributed by atoms with E-state index in [0.717, 1.165) is 17.8 Å². The van der Waals surface area contributed by atoms with Gasteiger partial charge in [0.1, 0.15) is 0 Å². The van der Waals surface area contributed by atoms with E-state index in [4.69, 9.17) is 5.73 Å². The van der Waals surface area contributed by atoms with E-state index < -0.39 is 0 Å². The molecule has 0 aliphatic carbocycles. The zero-order valence-electron chi connectivity index (χ0n) is 8.53. The molecular weight excluding hydrogens is 208 g/mol. The summed E-state index contributed by atoms with van der Waals surface area (Å²) < 4.78 is 0. The summed E-state index contributed by atoms with van der Waals surface area (Å²) in [7, 11) is 0. The van der Waals surface area contributed by atoms with Gasteiger partial charge in [0.15, 0.2) is 0 Å². The molecule has 0 spiro atoms. The summed E-state index contributed by atoms with van der Waals surface area (Å²) in [5.41, 5.74) is 7.82. The number of aromatic amines is 1. The first-order valence-corrected chi connectivity index (χ1v) is 5.69. The molecule has 1 unspecified atom stereocenters. The Hall–Kier alpha value is -1.33. The summed E-state index contributed by atoms with van der Waals surface area (Å²) in [5, 5.41) is 12.1. The SMILES string of the molecule is CC(NCc1sccc1N)c1cn[nH]c1. The Labute approximate surface area is 92.5 Å². The van der Waals surface area contributed by atoms with Crippen LogP contribution in [0.3, 0.4) is 0 Å². The fourth-order valence-electron chi connectivity index (χ4n) is 1.36. The monoisotopic (exact) mass is 222 g/mol. The molecular formula is C10H14N4S. The third kappa shape index (κ3) is 2.37. The highest BCUT2D eigenvalue weighted by Gasteiger charge is 2.07. The van der Waals surface area contributed by atoms with Crippen LogP contribution >= 0.6 is 11.3 Å². The Kier molecular flexibility index (Phi) is 3.03. The fraction of sp³-hybridized carbons (Fsp3) is 0.300. The standard InChI is InChI=1S/C10H14N4S/c1-7(8-4-13-14-5-8)12-6-10-9(11)2-3-15-10/h2-5,7,12H,6,11H2,1H3,(H,13,14). The molecule has 2 aromatic rings. The van der Waals surface area contributed by atoms with Crippen molar-refractivity contribution in [3.8, 4) is 0 Å². The van der Waals surface area contributed by atoms with Crippen molar-refractivity contribution in [2.24, 2.45) is 0 Å². The number of rotatable bonds is 4. The summed E-state index contributed by atoms with van der Waals surface area (Å²) in [4.78, 5) is 1.19. The van der Waals surface area contributed by atoms with Crippen molar-refractivity contribution in [1.82, 2.24) is 15.5 Å². The van der Waals surface area contributed by atoms with E-state index in [2.05, 4.69) is 22.4 Å². The van der Waals surface area contributed by atoms with Crippen molar-refractivity contribution in [1.29, 1.82) is 0 Å². The summed E-state index contributed by atoms with van der Waals surface area (Å²) >= 11 is 1.68. The van der Waals surface area contributed by atoms with Crippen molar-refractivity contribution < 1.29 is 0 Å². The third-order valence-corrected chi connectivity index (χ3v) is 3.30. The second kappa shape index (κ2) is 4.46. The molecule has 0 aliphatic heterocycles. The number of thiophene rings is 1. The summed E-state index contributed by atoms with van der Waals surface area (Å²) in [6, 6.07) is 2.22. The largest absolute Gasteiger partial charge is 0.398 e. The molecule has 2 heterocycles. The van der Waals surface area contributed by atoms with Crippen LogP contribution in [-0.4, -0.2) is 10.2 Å². The van der Waals surface area contributed by atoms with Crippen molar-refractivity contribution in [3.63, 3.8) is 0 Å². The molecule has 2 rings (SSSR count). The van der Waals surface area contributed by atoms with E-state index in [-0.39, 0.29) is 6.04 Å². The molecule has 1 atom stereocenters. The highest BCUT2D eigenvalue weighted by Crippen LogP contribution is 2.19. The number of nitrogens with two attached hydrogens (primary N) is 1. The van der Waals surface area contributed by atoms with Gasteiger partial charge >= 0.3 is 0 Å². The third-order valence-electron chi connectivity index (χ3n) is 2.37. The zero-order chi connectivity index (χ0) is 10.7. The fourth-order valence-corrected chi connectivity index (χ4v) is 2.11. The number of nitrogens with zero attached hydrogens (tertiary/aromatic N) is 1. The molecule has 4 nitrogen and oxygen atoms in total. The van der Waals surface area contributed by atoms with Crippen LogP contribution in [0.1, 0.15) is 23.4 Å². The molecule has 5 heteroatoms. The average Bonchev–Trinajstić information content (AvgIpc) is 2.85. The van der Waals surface area contributed by atoms with Crippen LogP contribution in [0.15, 0.2) is 23.8 Å². The van der Waals surface area contributed by atoms with Gasteiger partial charge in [0, 0.05) is 34.9 Å². The zero-order valence-corrected chi connectivity index (χ0v) is 9.34. The van der Waals surface area contributed by atoms with Crippen LogP contribution in [0.4, 0.5) is 5.69 Å². The average molecular weight is 222 g/mol.